The van der Waals surface area contributed by atoms with Gasteiger partial charge < -0.3 is 20.5 Å². The van der Waals surface area contributed by atoms with Gasteiger partial charge in [-0.05, 0) is 41.8 Å². The highest BCUT2D eigenvalue weighted by molar-refractivity contribution is 5.86. The van der Waals surface area contributed by atoms with Crippen LogP contribution in [0.5, 0.6) is 0 Å². The molecule has 0 aromatic heterocycles. The third-order valence-electron chi connectivity index (χ3n) is 6.61. The number of nitrogens with zero attached hydrogens (tertiary/aromatic N) is 1. The standard InChI is InChI=1S/C30H33N3O5/c1-20(16-28(34)35)31-29(36)27(18-33(2)17-21-10-4-3-5-11-21)32-30(37)38-19-26-24-14-8-6-12-22(24)23-13-7-9-15-25(23)26/h3-15,20,26-27H,16-19H2,1-2H3,(H,31,36)(H,32,37)(H,34,35)/t20-,27?/m0/s1. The van der Waals surface area contributed by atoms with E-state index in [9.17, 15) is 14.4 Å². The number of carboxylic acid groups (broad SMARTS) is 1. The lowest BCUT2D eigenvalue weighted by molar-refractivity contribution is -0.137. The van der Waals surface area contributed by atoms with Crippen molar-refractivity contribution in [2.24, 2.45) is 0 Å². The summed E-state index contributed by atoms with van der Waals surface area (Å²) in [5.74, 6) is -1.58. The van der Waals surface area contributed by atoms with Gasteiger partial charge in [0.05, 0.1) is 6.42 Å². The summed E-state index contributed by atoms with van der Waals surface area (Å²) in [6.45, 7) is 2.53. The van der Waals surface area contributed by atoms with Gasteiger partial charge in [0.1, 0.15) is 12.6 Å². The van der Waals surface area contributed by atoms with E-state index < -0.39 is 30.1 Å². The first-order valence-electron chi connectivity index (χ1n) is 12.7. The second kappa shape index (κ2) is 12.4. The number of amides is 2. The molecule has 0 aliphatic heterocycles. The summed E-state index contributed by atoms with van der Waals surface area (Å²) in [5.41, 5.74) is 5.52. The van der Waals surface area contributed by atoms with E-state index in [0.29, 0.717) is 6.54 Å². The molecule has 0 bridgehead atoms. The smallest absolute Gasteiger partial charge is 0.407 e. The Morgan fingerprint density at radius 1 is 0.895 bits per heavy atom. The predicted molar refractivity (Wildman–Crippen MR) is 145 cm³/mol. The van der Waals surface area contributed by atoms with Crippen LogP contribution in [0, 0.1) is 0 Å². The molecule has 0 heterocycles. The third kappa shape index (κ3) is 6.77. The molecule has 38 heavy (non-hydrogen) atoms. The zero-order valence-corrected chi connectivity index (χ0v) is 21.6. The molecule has 8 nitrogen and oxygen atoms in total. The Bertz CT molecular complexity index is 1230. The Morgan fingerprint density at radius 2 is 1.47 bits per heavy atom. The van der Waals surface area contributed by atoms with Crippen molar-refractivity contribution in [1.82, 2.24) is 15.5 Å². The predicted octanol–water partition coefficient (Wildman–Crippen LogP) is 4.01. The van der Waals surface area contributed by atoms with Gasteiger partial charge >= 0.3 is 12.1 Å². The van der Waals surface area contributed by atoms with Crippen LogP contribution in [-0.2, 0) is 20.9 Å². The fraction of sp³-hybridized carbons (Fsp3) is 0.300. The van der Waals surface area contributed by atoms with Crippen molar-refractivity contribution in [2.45, 2.75) is 37.9 Å². The number of ether oxygens (including phenoxy) is 1. The Balaban J connectivity index is 1.42. The first kappa shape index (κ1) is 26.9. The number of fused-ring (bicyclic) bond motifs is 3. The van der Waals surface area contributed by atoms with Gasteiger partial charge in [-0.25, -0.2) is 4.79 Å². The number of benzene rings is 3. The molecule has 1 unspecified atom stereocenters. The van der Waals surface area contributed by atoms with E-state index in [2.05, 4.69) is 22.8 Å². The van der Waals surface area contributed by atoms with Crippen molar-refractivity contribution in [1.29, 1.82) is 0 Å². The van der Waals surface area contributed by atoms with Crippen LogP contribution in [0.4, 0.5) is 4.79 Å². The lowest BCUT2D eigenvalue weighted by Gasteiger charge is -2.26. The molecular formula is C30H33N3O5. The molecule has 2 atom stereocenters. The summed E-state index contributed by atoms with van der Waals surface area (Å²) in [6.07, 6.45) is -0.922. The highest BCUT2D eigenvalue weighted by Crippen LogP contribution is 2.44. The SMILES string of the molecule is C[C@@H](CC(=O)O)NC(=O)C(CN(C)Cc1ccccc1)NC(=O)OCC1c2ccccc2-c2ccccc21. The molecule has 0 spiro atoms. The van der Waals surface area contributed by atoms with E-state index >= 15 is 0 Å². The molecule has 0 radical (unpaired) electrons. The van der Waals surface area contributed by atoms with E-state index in [4.69, 9.17) is 9.84 Å². The van der Waals surface area contributed by atoms with E-state index in [1.165, 1.54) is 0 Å². The minimum Gasteiger partial charge on any atom is -0.481 e. The molecule has 2 amide bonds. The maximum absolute atomic E-state index is 13.0. The molecule has 1 aliphatic carbocycles. The average Bonchev–Trinajstić information content (AvgIpc) is 3.21. The second-order valence-corrected chi connectivity index (χ2v) is 9.71. The minimum atomic E-state index is -1.01. The van der Waals surface area contributed by atoms with Crippen molar-refractivity contribution in [2.75, 3.05) is 20.2 Å². The second-order valence-electron chi connectivity index (χ2n) is 9.71. The topological polar surface area (TPSA) is 108 Å². The Labute approximate surface area is 222 Å². The van der Waals surface area contributed by atoms with E-state index in [-0.39, 0.29) is 25.5 Å². The fourth-order valence-corrected chi connectivity index (χ4v) is 4.90. The van der Waals surface area contributed by atoms with Crippen LogP contribution in [-0.4, -0.2) is 60.3 Å². The molecular weight excluding hydrogens is 482 g/mol. The highest BCUT2D eigenvalue weighted by atomic mass is 16.5. The molecule has 0 saturated carbocycles. The zero-order valence-electron chi connectivity index (χ0n) is 21.6. The molecule has 0 fully saturated rings. The van der Waals surface area contributed by atoms with Gasteiger partial charge in [-0.1, -0.05) is 78.9 Å². The van der Waals surface area contributed by atoms with Gasteiger partial charge in [-0.15, -0.1) is 0 Å². The van der Waals surface area contributed by atoms with Gasteiger partial charge in [-0.3, -0.25) is 14.5 Å². The van der Waals surface area contributed by atoms with Crippen molar-refractivity contribution < 1.29 is 24.2 Å². The fourth-order valence-electron chi connectivity index (χ4n) is 4.90. The summed E-state index contributed by atoms with van der Waals surface area (Å²) in [5, 5.41) is 14.4. The summed E-state index contributed by atoms with van der Waals surface area (Å²) >= 11 is 0. The number of likely N-dealkylation sites (N-methyl/N-ethyl adjacent to an activating group) is 1. The number of nitrogens with one attached hydrogen (secondary N) is 2. The molecule has 4 rings (SSSR count). The Hall–Kier alpha value is -4.17. The normalized spacial score (nSPS) is 13.8. The number of rotatable bonds is 11. The van der Waals surface area contributed by atoms with Gasteiger partial charge in [0.15, 0.2) is 0 Å². The van der Waals surface area contributed by atoms with Crippen LogP contribution in [0.2, 0.25) is 0 Å². The van der Waals surface area contributed by atoms with Crippen molar-refractivity contribution in [3.63, 3.8) is 0 Å². The molecule has 3 aromatic rings. The van der Waals surface area contributed by atoms with Crippen molar-refractivity contribution in [3.05, 3.63) is 95.6 Å². The number of carbonyl (C=O) groups excluding carboxylic acids is 2. The number of carbonyl (C=O) groups is 3. The minimum absolute atomic E-state index is 0.100. The quantitative estimate of drug-likeness (QED) is 0.356. The first-order chi connectivity index (χ1) is 18.3. The van der Waals surface area contributed by atoms with Gasteiger partial charge in [0.25, 0.3) is 0 Å². The molecule has 8 heteroatoms. The monoisotopic (exact) mass is 515 g/mol. The first-order valence-corrected chi connectivity index (χ1v) is 12.7. The number of aliphatic carboxylic acids is 1. The van der Waals surface area contributed by atoms with Crippen molar-refractivity contribution in [3.8, 4) is 11.1 Å². The Morgan fingerprint density at radius 3 is 2.08 bits per heavy atom. The third-order valence-corrected chi connectivity index (χ3v) is 6.61. The molecule has 0 saturated heterocycles. The number of alkyl carbamates (subject to hydrolysis) is 1. The highest BCUT2D eigenvalue weighted by Gasteiger charge is 2.30. The summed E-state index contributed by atoms with van der Waals surface area (Å²) in [4.78, 5) is 38.9. The number of hydrogen-bond donors (Lipinski definition) is 3. The maximum atomic E-state index is 13.0. The lowest BCUT2D eigenvalue weighted by atomic mass is 9.98. The van der Waals surface area contributed by atoms with E-state index in [1.807, 2.05) is 78.7 Å². The van der Waals surface area contributed by atoms with Gasteiger partial charge in [0, 0.05) is 25.0 Å². The van der Waals surface area contributed by atoms with Crippen LogP contribution < -0.4 is 10.6 Å². The van der Waals surface area contributed by atoms with Gasteiger partial charge in [-0.2, -0.15) is 0 Å². The molecule has 3 N–H and O–H groups in total. The molecule has 1 aliphatic rings. The maximum Gasteiger partial charge on any atom is 0.407 e. The van der Waals surface area contributed by atoms with Crippen molar-refractivity contribution >= 4 is 18.0 Å². The summed E-state index contributed by atoms with van der Waals surface area (Å²) in [7, 11) is 1.85. The largest absolute Gasteiger partial charge is 0.481 e. The average molecular weight is 516 g/mol. The molecule has 3 aromatic carbocycles. The van der Waals surface area contributed by atoms with Gasteiger partial charge in [0.2, 0.25) is 5.91 Å². The van der Waals surface area contributed by atoms with Crippen LogP contribution >= 0.6 is 0 Å². The van der Waals surface area contributed by atoms with Crippen LogP contribution in [0.3, 0.4) is 0 Å². The molecule has 198 valence electrons. The summed E-state index contributed by atoms with van der Waals surface area (Å²) in [6, 6.07) is 24.4. The van der Waals surface area contributed by atoms with E-state index in [1.54, 1.807) is 6.92 Å². The summed E-state index contributed by atoms with van der Waals surface area (Å²) < 4.78 is 5.65. The van der Waals surface area contributed by atoms with Crippen LogP contribution in [0.15, 0.2) is 78.9 Å². The number of hydrogen-bond acceptors (Lipinski definition) is 5. The Kier molecular flexibility index (Phi) is 8.76. The van der Waals surface area contributed by atoms with E-state index in [0.717, 1.165) is 27.8 Å². The van der Waals surface area contributed by atoms with Crippen LogP contribution in [0.1, 0.15) is 36.0 Å². The van der Waals surface area contributed by atoms with Crippen LogP contribution in [0.25, 0.3) is 11.1 Å². The lowest BCUT2D eigenvalue weighted by Crippen LogP contribution is -2.54. The number of carboxylic acids is 1. The zero-order chi connectivity index (χ0) is 27.1.